The predicted molar refractivity (Wildman–Crippen MR) is 75.8 cm³/mol. The zero-order chi connectivity index (χ0) is 12.4. The van der Waals surface area contributed by atoms with Gasteiger partial charge in [0.15, 0.2) is 0 Å². The molecular formula is C16H34. The molecule has 0 aromatic carbocycles. The van der Waals surface area contributed by atoms with Crippen LogP contribution in [-0.2, 0) is 0 Å². The van der Waals surface area contributed by atoms with Gasteiger partial charge in [-0.15, -0.1) is 0 Å². The third kappa shape index (κ3) is 7.30. The van der Waals surface area contributed by atoms with Gasteiger partial charge in [0.25, 0.3) is 0 Å². The Kier molecular flexibility index (Phi) is 9.07. The molecular weight excluding hydrogens is 192 g/mol. The van der Waals surface area contributed by atoms with Crippen molar-refractivity contribution in [2.75, 3.05) is 0 Å². The Balaban J connectivity index is 0.000000487. The minimum absolute atomic E-state index is 0.796. The van der Waals surface area contributed by atoms with Gasteiger partial charge in [0.1, 0.15) is 0 Å². The molecule has 0 amide bonds. The number of hydrogen-bond acceptors (Lipinski definition) is 0. The summed E-state index contributed by atoms with van der Waals surface area (Å²) in [5, 5.41) is 0. The fraction of sp³-hybridized carbons (Fsp3) is 1.00. The second kappa shape index (κ2) is 9.07. The molecule has 1 saturated carbocycles. The maximum atomic E-state index is 2.34. The molecule has 0 N–H and O–H groups in total. The van der Waals surface area contributed by atoms with Crippen molar-refractivity contribution >= 4 is 0 Å². The first-order valence-electron chi connectivity index (χ1n) is 7.56. The van der Waals surface area contributed by atoms with Crippen LogP contribution >= 0.6 is 0 Å². The van der Waals surface area contributed by atoms with Crippen LogP contribution in [0.5, 0.6) is 0 Å². The lowest BCUT2D eigenvalue weighted by molar-refractivity contribution is 0.238. The molecule has 16 heavy (non-hydrogen) atoms. The topological polar surface area (TPSA) is 0 Å². The minimum atomic E-state index is 0.796. The van der Waals surface area contributed by atoms with Crippen LogP contribution in [0, 0.1) is 11.3 Å². The van der Waals surface area contributed by atoms with E-state index < -0.39 is 0 Å². The average Bonchev–Trinajstić information content (AvgIpc) is 2.64. The van der Waals surface area contributed by atoms with E-state index in [2.05, 4.69) is 34.6 Å². The zero-order valence-corrected chi connectivity index (χ0v) is 12.4. The monoisotopic (exact) mass is 226 g/mol. The standard InChI is InChI=1S/C12H24.C4H10/c1-3-5-9-12(8-4-2)10-6-7-11-12;1-4(2)3/h3-11H2,1-2H3;4H,1-3H3. The molecule has 0 aromatic rings. The van der Waals surface area contributed by atoms with Crippen LogP contribution < -0.4 is 0 Å². The Morgan fingerprint density at radius 2 is 1.38 bits per heavy atom. The molecule has 0 saturated heterocycles. The molecule has 0 radical (unpaired) electrons. The van der Waals surface area contributed by atoms with Gasteiger partial charge >= 0.3 is 0 Å². The van der Waals surface area contributed by atoms with Gasteiger partial charge in [0.2, 0.25) is 0 Å². The summed E-state index contributed by atoms with van der Waals surface area (Å²) in [6.07, 6.45) is 13.3. The molecule has 0 aliphatic heterocycles. The highest BCUT2D eigenvalue weighted by molar-refractivity contribution is 4.83. The lowest BCUT2D eigenvalue weighted by atomic mass is 9.77. The van der Waals surface area contributed by atoms with Gasteiger partial charge in [-0.3, -0.25) is 0 Å². The molecule has 1 rings (SSSR count). The summed E-state index contributed by atoms with van der Waals surface area (Å²) < 4.78 is 0. The third-order valence-corrected chi connectivity index (χ3v) is 3.51. The van der Waals surface area contributed by atoms with Crippen LogP contribution in [0.1, 0.15) is 92.4 Å². The minimum Gasteiger partial charge on any atom is -0.0654 e. The van der Waals surface area contributed by atoms with Gasteiger partial charge in [-0.25, -0.2) is 0 Å². The number of unbranched alkanes of at least 4 members (excludes halogenated alkanes) is 1. The Hall–Kier alpha value is 0. The zero-order valence-electron chi connectivity index (χ0n) is 12.4. The van der Waals surface area contributed by atoms with E-state index in [1.54, 1.807) is 0 Å². The first kappa shape index (κ1) is 16.0. The largest absolute Gasteiger partial charge is 0.0654 e. The van der Waals surface area contributed by atoms with Crippen LogP contribution in [0.4, 0.5) is 0 Å². The van der Waals surface area contributed by atoms with Gasteiger partial charge in [-0.05, 0) is 37.0 Å². The molecule has 0 unspecified atom stereocenters. The molecule has 0 heterocycles. The maximum Gasteiger partial charge on any atom is -0.0298 e. The van der Waals surface area contributed by atoms with Crippen molar-refractivity contribution in [3.63, 3.8) is 0 Å². The molecule has 98 valence electrons. The van der Waals surface area contributed by atoms with Crippen LogP contribution in [0.3, 0.4) is 0 Å². The Bertz CT molecular complexity index is 137. The summed E-state index contributed by atoms with van der Waals surface area (Å²) in [4.78, 5) is 0. The normalized spacial score (nSPS) is 18.4. The first-order chi connectivity index (χ1) is 7.56. The lowest BCUT2D eigenvalue weighted by Gasteiger charge is -2.28. The Labute approximate surface area is 104 Å². The van der Waals surface area contributed by atoms with Gasteiger partial charge in [0, 0.05) is 0 Å². The van der Waals surface area contributed by atoms with Gasteiger partial charge in [-0.2, -0.15) is 0 Å². The van der Waals surface area contributed by atoms with E-state index >= 15 is 0 Å². The first-order valence-corrected chi connectivity index (χ1v) is 7.56. The number of hydrogen-bond donors (Lipinski definition) is 0. The van der Waals surface area contributed by atoms with E-state index in [1.165, 1.54) is 57.8 Å². The second-order valence-electron chi connectivity index (χ2n) is 6.29. The van der Waals surface area contributed by atoms with Crippen LogP contribution in [0.15, 0.2) is 0 Å². The van der Waals surface area contributed by atoms with Crippen LogP contribution in [0.25, 0.3) is 0 Å². The van der Waals surface area contributed by atoms with Gasteiger partial charge in [-0.1, -0.05) is 66.7 Å². The summed E-state index contributed by atoms with van der Waals surface area (Å²) in [6, 6.07) is 0. The average molecular weight is 226 g/mol. The molecule has 0 aromatic heterocycles. The van der Waals surface area contributed by atoms with Gasteiger partial charge < -0.3 is 0 Å². The van der Waals surface area contributed by atoms with Crippen molar-refractivity contribution in [2.24, 2.45) is 11.3 Å². The van der Waals surface area contributed by atoms with Crippen molar-refractivity contribution in [3.8, 4) is 0 Å². The third-order valence-electron chi connectivity index (χ3n) is 3.51. The molecule has 0 bridgehead atoms. The van der Waals surface area contributed by atoms with Crippen molar-refractivity contribution in [3.05, 3.63) is 0 Å². The smallest absolute Gasteiger partial charge is 0.0298 e. The van der Waals surface area contributed by atoms with Crippen molar-refractivity contribution in [2.45, 2.75) is 92.4 Å². The molecule has 1 aliphatic rings. The van der Waals surface area contributed by atoms with E-state index in [4.69, 9.17) is 0 Å². The van der Waals surface area contributed by atoms with Crippen molar-refractivity contribution < 1.29 is 0 Å². The molecule has 0 spiro atoms. The fourth-order valence-electron chi connectivity index (χ4n) is 2.83. The highest BCUT2D eigenvalue weighted by Gasteiger charge is 2.31. The highest BCUT2D eigenvalue weighted by Crippen LogP contribution is 2.45. The van der Waals surface area contributed by atoms with E-state index in [1.807, 2.05) is 0 Å². The van der Waals surface area contributed by atoms with E-state index in [0.29, 0.717) is 0 Å². The van der Waals surface area contributed by atoms with E-state index in [9.17, 15) is 0 Å². The number of rotatable bonds is 5. The highest BCUT2D eigenvalue weighted by atomic mass is 14.4. The Morgan fingerprint density at radius 1 is 0.875 bits per heavy atom. The molecule has 0 atom stereocenters. The van der Waals surface area contributed by atoms with Crippen molar-refractivity contribution in [1.82, 2.24) is 0 Å². The summed E-state index contributed by atoms with van der Waals surface area (Å²) in [6.45, 7) is 11.2. The van der Waals surface area contributed by atoms with Gasteiger partial charge in [0.05, 0.1) is 0 Å². The SMILES string of the molecule is CC(C)C.CCCCC1(CCC)CCCC1. The summed E-state index contributed by atoms with van der Waals surface area (Å²) in [7, 11) is 0. The molecule has 0 heteroatoms. The maximum absolute atomic E-state index is 2.34. The fourth-order valence-corrected chi connectivity index (χ4v) is 2.83. The quantitative estimate of drug-likeness (QED) is 0.523. The predicted octanol–water partition coefficient (Wildman–Crippen LogP) is 6.20. The lowest BCUT2D eigenvalue weighted by Crippen LogP contribution is -2.15. The Morgan fingerprint density at radius 3 is 1.75 bits per heavy atom. The summed E-state index contributed by atoms with van der Waals surface area (Å²) in [5.41, 5.74) is 0.796. The molecule has 0 nitrogen and oxygen atoms in total. The van der Waals surface area contributed by atoms with E-state index in [-0.39, 0.29) is 0 Å². The van der Waals surface area contributed by atoms with Crippen molar-refractivity contribution in [1.29, 1.82) is 0 Å². The summed E-state index contributed by atoms with van der Waals surface area (Å²) >= 11 is 0. The molecule has 1 aliphatic carbocycles. The molecule has 1 fully saturated rings. The summed E-state index contributed by atoms with van der Waals surface area (Å²) in [5.74, 6) is 0.833. The van der Waals surface area contributed by atoms with Crippen LogP contribution in [0.2, 0.25) is 0 Å². The second-order valence-corrected chi connectivity index (χ2v) is 6.29. The van der Waals surface area contributed by atoms with Crippen LogP contribution in [-0.4, -0.2) is 0 Å². The van der Waals surface area contributed by atoms with E-state index in [0.717, 1.165) is 11.3 Å².